The number of aryl methyl sites for hydroxylation is 1. The molecule has 2 N–H and O–H groups in total. The number of halogens is 1. The third kappa shape index (κ3) is 5.06. The number of rotatable bonds is 7. The van der Waals surface area contributed by atoms with Gasteiger partial charge in [0.15, 0.2) is 5.13 Å². The van der Waals surface area contributed by atoms with Crippen molar-refractivity contribution >= 4 is 27.9 Å². The van der Waals surface area contributed by atoms with E-state index in [1.807, 2.05) is 12.4 Å². The number of aliphatic hydroxyl groups excluding tert-OH is 1. The number of fused-ring (bicyclic) bond motifs is 1. The van der Waals surface area contributed by atoms with Crippen molar-refractivity contribution in [3.8, 4) is 11.3 Å². The molecule has 38 heavy (non-hydrogen) atoms. The van der Waals surface area contributed by atoms with E-state index in [4.69, 9.17) is 14.7 Å². The van der Waals surface area contributed by atoms with Gasteiger partial charge in [-0.3, -0.25) is 9.72 Å². The Balaban J connectivity index is 1.22. The van der Waals surface area contributed by atoms with Gasteiger partial charge in [-0.2, -0.15) is 0 Å². The smallest absolute Gasteiger partial charge is 0.213 e. The molecule has 2 fully saturated rings. The second-order valence-electron chi connectivity index (χ2n) is 10.1. The number of piperidine rings is 1. The lowest BCUT2D eigenvalue weighted by molar-refractivity contribution is -0.106. The fraction of sp³-hybridized carbons (Fsp3) is 0.429. The van der Waals surface area contributed by atoms with Gasteiger partial charge in [0, 0.05) is 37.3 Å². The lowest BCUT2D eigenvalue weighted by Gasteiger charge is -2.33. The highest BCUT2D eigenvalue weighted by atomic mass is 32.1. The Morgan fingerprint density at radius 2 is 1.95 bits per heavy atom. The number of pyridine rings is 1. The summed E-state index contributed by atoms with van der Waals surface area (Å²) in [6.07, 6.45) is 4.45. The fourth-order valence-electron chi connectivity index (χ4n) is 5.55. The predicted octanol–water partition coefficient (Wildman–Crippen LogP) is 4.37. The fourth-order valence-corrected chi connectivity index (χ4v) is 6.35. The molecule has 200 valence electrons. The first-order valence-corrected chi connectivity index (χ1v) is 14.1. The SMILES string of the molecule is CCc1nc2ccc(C3CCN(CC4CNC(O)O4)CC3)cn2c1N(C)c1nc(-c2ccc(F)cc2)cs1. The highest BCUT2D eigenvalue weighted by molar-refractivity contribution is 7.14. The molecule has 10 heteroatoms. The summed E-state index contributed by atoms with van der Waals surface area (Å²) in [6.45, 7) is 5.70. The van der Waals surface area contributed by atoms with Crippen molar-refractivity contribution in [1.82, 2.24) is 24.6 Å². The Morgan fingerprint density at radius 3 is 2.66 bits per heavy atom. The van der Waals surface area contributed by atoms with Gasteiger partial charge in [0.1, 0.15) is 17.3 Å². The maximum Gasteiger partial charge on any atom is 0.213 e. The van der Waals surface area contributed by atoms with Gasteiger partial charge in [-0.05, 0) is 74.2 Å². The number of benzene rings is 1. The van der Waals surface area contributed by atoms with Gasteiger partial charge in [0.25, 0.3) is 0 Å². The van der Waals surface area contributed by atoms with E-state index >= 15 is 0 Å². The van der Waals surface area contributed by atoms with Gasteiger partial charge in [-0.25, -0.2) is 14.4 Å². The Kier molecular flexibility index (Phi) is 7.15. The zero-order valence-electron chi connectivity index (χ0n) is 21.7. The van der Waals surface area contributed by atoms with Crippen LogP contribution >= 0.6 is 11.3 Å². The van der Waals surface area contributed by atoms with E-state index in [9.17, 15) is 9.50 Å². The summed E-state index contributed by atoms with van der Waals surface area (Å²) in [4.78, 5) is 14.3. The van der Waals surface area contributed by atoms with Gasteiger partial charge < -0.3 is 19.6 Å². The minimum Gasteiger partial charge on any atom is -0.356 e. The Bertz CT molecular complexity index is 1400. The molecule has 1 aromatic carbocycles. The zero-order chi connectivity index (χ0) is 26.2. The monoisotopic (exact) mass is 536 g/mol. The van der Waals surface area contributed by atoms with Crippen LogP contribution in [-0.4, -0.2) is 70.1 Å². The minimum absolute atomic E-state index is 0.0452. The van der Waals surface area contributed by atoms with Gasteiger partial charge in [0.05, 0.1) is 17.5 Å². The molecule has 0 saturated carbocycles. The number of likely N-dealkylation sites (tertiary alicyclic amines) is 1. The molecule has 2 saturated heterocycles. The van der Waals surface area contributed by atoms with Crippen LogP contribution < -0.4 is 10.2 Å². The van der Waals surface area contributed by atoms with Crippen LogP contribution in [0.25, 0.3) is 16.9 Å². The highest BCUT2D eigenvalue weighted by Crippen LogP contribution is 2.35. The van der Waals surface area contributed by atoms with E-state index in [1.54, 1.807) is 23.5 Å². The van der Waals surface area contributed by atoms with Crippen LogP contribution in [0.15, 0.2) is 48.0 Å². The third-order valence-corrected chi connectivity index (χ3v) is 8.54. The quantitative estimate of drug-likeness (QED) is 0.363. The van der Waals surface area contributed by atoms with E-state index in [-0.39, 0.29) is 11.9 Å². The van der Waals surface area contributed by atoms with Crippen molar-refractivity contribution in [3.63, 3.8) is 0 Å². The second-order valence-corrected chi connectivity index (χ2v) is 10.9. The molecular formula is C28H33FN6O2S. The van der Waals surface area contributed by atoms with Gasteiger partial charge in [-0.15, -0.1) is 11.3 Å². The van der Waals surface area contributed by atoms with Crippen LogP contribution in [0.1, 0.15) is 36.9 Å². The lowest BCUT2D eigenvalue weighted by atomic mass is 9.90. The summed E-state index contributed by atoms with van der Waals surface area (Å²) in [6, 6.07) is 10.8. The molecule has 2 aliphatic heterocycles. The Labute approximate surface area is 225 Å². The first kappa shape index (κ1) is 25.4. The average Bonchev–Trinajstić information content (AvgIpc) is 3.67. The van der Waals surface area contributed by atoms with Crippen molar-refractivity contribution < 1.29 is 14.2 Å². The predicted molar refractivity (Wildman–Crippen MR) is 147 cm³/mol. The molecule has 0 bridgehead atoms. The number of aliphatic hydroxyl groups is 1. The number of imidazole rings is 1. The molecule has 2 unspecified atom stereocenters. The van der Waals surface area contributed by atoms with E-state index < -0.39 is 6.41 Å². The van der Waals surface area contributed by atoms with Crippen molar-refractivity contribution in [2.45, 2.75) is 44.6 Å². The van der Waals surface area contributed by atoms with E-state index in [2.05, 4.69) is 44.8 Å². The number of anilines is 2. The zero-order valence-corrected chi connectivity index (χ0v) is 22.5. The van der Waals surface area contributed by atoms with Crippen molar-refractivity contribution in [1.29, 1.82) is 0 Å². The van der Waals surface area contributed by atoms with Crippen LogP contribution in [0, 0.1) is 5.82 Å². The van der Waals surface area contributed by atoms with Crippen molar-refractivity contribution in [2.75, 3.05) is 38.1 Å². The van der Waals surface area contributed by atoms with Crippen molar-refractivity contribution in [2.24, 2.45) is 0 Å². The van der Waals surface area contributed by atoms with E-state index in [0.717, 1.165) is 72.4 Å². The van der Waals surface area contributed by atoms with Gasteiger partial charge >= 0.3 is 0 Å². The first-order valence-electron chi connectivity index (χ1n) is 13.2. The van der Waals surface area contributed by atoms with Crippen LogP contribution in [0.5, 0.6) is 0 Å². The number of nitrogens with one attached hydrogen (secondary N) is 1. The largest absolute Gasteiger partial charge is 0.356 e. The van der Waals surface area contributed by atoms with Crippen molar-refractivity contribution in [3.05, 3.63) is 65.0 Å². The number of hydrogen-bond acceptors (Lipinski definition) is 8. The number of hydrogen-bond donors (Lipinski definition) is 2. The van der Waals surface area contributed by atoms with Gasteiger partial charge in [0.2, 0.25) is 6.41 Å². The molecule has 2 aliphatic rings. The summed E-state index contributed by atoms with van der Waals surface area (Å²) in [5.41, 5.74) is 5.03. The summed E-state index contributed by atoms with van der Waals surface area (Å²) in [5.74, 6) is 1.27. The lowest BCUT2D eigenvalue weighted by Crippen LogP contribution is -2.39. The summed E-state index contributed by atoms with van der Waals surface area (Å²) >= 11 is 1.57. The Hall–Kier alpha value is -2.89. The summed E-state index contributed by atoms with van der Waals surface area (Å²) < 4.78 is 21.1. The van der Waals surface area contributed by atoms with E-state index in [0.29, 0.717) is 12.5 Å². The normalized spacial score (nSPS) is 20.9. The number of nitrogens with zero attached hydrogens (tertiary/aromatic N) is 5. The minimum atomic E-state index is -0.835. The molecular weight excluding hydrogens is 503 g/mol. The topological polar surface area (TPSA) is 78.2 Å². The maximum absolute atomic E-state index is 13.4. The summed E-state index contributed by atoms with van der Waals surface area (Å²) in [7, 11) is 2.04. The number of aromatic nitrogens is 3. The molecule has 2 atom stereocenters. The molecule has 0 radical (unpaired) electrons. The molecule has 4 aromatic rings. The third-order valence-electron chi connectivity index (χ3n) is 7.62. The van der Waals surface area contributed by atoms with Crippen LogP contribution in [0.2, 0.25) is 0 Å². The highest BCUT2D eigenvalue weighted by Gasteiger charge is 2.28. The molecule has 6 rings (SSSR count). The number of thiazole rings is 1. The van der Waals surface area contributed by atoms with Crippen LogP contribution in [-0.2, 0) is 11.2 Å². The van der Waals surface area contributed by atoms with Crippen LogP contribution in [0.4, 0.5) is 15.3 Å². The van der Waals surface area contributed by atoms with Crippen LogP contribution in [0.3, 0.4) is 0 Å². The molecule has 5 heterocycles. The van der Waals surface area contributed by atoms with Gasteiger partial charge in [-0.1, -0.05) is 13.0 Å². The molecule has 0 spiro atoms. The first-order chi connectivity index (χ1) is 18.5. The Morgan fingerprint density at radius 1 is 1.16 bits per heavy atom. The second kappa shape index (κ2) is 10.7. The standard InChI is InChI=1S/C28H33FN6O2S/c1-3-23-26(33(2)27-32-24(17-38-27)19-4-7-21(29)8-5-19)35-15-20(6-9-25(35)31-23)18-10-12-34(13-11-18)16-22-14-30-28(36)37-22/h4-9,15,17-18,22,28,30,36H,3,10-14,16H2,1-2H3. The average molecular weight is 537 g/mol. The molecule has 0 amide bonds. The maximum atomic E-state index is 13.4. The summed E-state index contributed by atoms with van der Waals surface area (Å²) in [5, 5.41) is 15.4. The van der Waals surface area contributed by atoms with E-state index in [1.165, 1.54) is 17.7 Å². The molecule has 8 nitrogen and oxygen atoms in total. The molecule has 0 aliphatic carbocycles. The molecule has 3 aromatic heterocycles. The number of ether oxygens (including phenoxy) is 1.